The molecule has 0 bridgehead atoms. The molecule has 0 unspecified atom stereocenters. The first-order chi connectivity index (χ1) is 8.36. The molecule has 0 saturated heterocycles. The third kappa shape index (κ3) is 2.40. The van der Waals surface area contributed by atoms with Crippen molar-refractivity contribution in [2.45, 2.75) is 18.7 Å². The van der Waals surface area contributed by atoms with Crippen LogP contribution in [0, 0.1) is 0 Å². The van der Waals surface area contributed by atoms with E-state index in [-0.39, 0.29) is 0 Å². The molecule has 6 heteroatoms. The molecule has 0 atom stereocenters. The normalized spacial score (nSPS) is 14.9. The quantitative estimate of drug-likeness (QED) is 0.940. The van der Waals surface area contributed by atoms with Crippen LogP contribution < -0.4 is 5.32 Å². The summed E-state index contributed by atoms with van der Waals surface area (Å²) in [4.78, 5) is 2.83. The number of rotatable bonds is 3. The van der Waals surface area contributed by atoms with E-state index in [9.17, 15) is 0 Å². The Morgan fingerprint density at radius 2 is 2.29 bits per heavy atom. The van der Waals surface area contributed by atoms with Gasteiger partial charge in [-0.05, 0) is 30.9 Å². The van der Waals surface area contributed by atoms with Gasteiger partial charge in [-0.15, -0.1) is 21.5 Å². The van der Waals surface area contributed by atoms with E-state index in [0.717, 1.165) is 22.3 Å². The first-order valence-corrected chi connectivity index (χ1v) is 8.32. The van der Waals surface area contributed by atoms with Crippen LogP contribution in [0.3, 0.4) is 0 Å². The molecule has 0 radical (unpaired) electrons. The predicted molar refractivity (Wildman–Crippen MR) is 75.9 cm³/mol. The molecule has 3 rings (SSSR count). The van der Waals surface area contributed by atoms with E-state index in [0.29, 0.717) is 0 Å². The number of aryl methyl sites for hydroxylation is 1. The SMILES string of the molecule is CNCc1nnc(-c2cc3c(s2)CCSC3)s1. The van der Waals surface area contributed by atoms with Gasteiger partial charge in [0.15, 0.2) is 5.01 Å². The Morgan fingerprint density at radius 1 is 1.35 bits per heavy atom. The molecule has 3 heterocycles. The second kappa shape index (κ2) is 5.06. The average Bonchev–Trinajstić information content (AvgIpc) is 2.94. The molecule has 0 aromatic carbocycles. The molecule has 1 N–H and O–H groups in total. The summed E-state index contributed by atoms with van der Waals surface area (Å²) < 4.78 is 0. The van der Waals surface area contributed by atoms with Gasteiger partial charge in [-0.1, -0.05) is 11.3 Å². The molecule has 2 aromatic heterocycles. The minimum absolute atomic E-state index is 0.804. The first-order valence-electron chi connectivity index (χ1n) is 5.53. The maximum Gasteiger partial charge on any atom is 0.157 e. The molecule has 2 aromatic rings. The monoisotopic (exact) mass is 283 g/mol. The van der Waals surface area contributed by atoms with Crippen molar-refractivity contribution in [2.75, 3.05) is 12.8 Å². The van der Waals surface area contributed by atoms with Crippen LogP contribution in [-0.2, 0) is 18.7 Å². The molecule has 0 spiro atoms. The molecule has 0 fully saturated rings. The second-order valence-electron chi connectivity index (χ2n) is 3.89. The van der Waals surface area contributed by atoms with Gasteiger partial charge in [-0.25, -0.2) is 0 Å². The van der Waals surface area contributed by atoms with E-state index in [1.165, 1.54) is 22.6 Å². The van der Waals surface area contributed by atoms with Crippen LogP contribution in [-0.4, -0.2) is 23.0 Å². The molecule has 3 nitrogen and oxygen atoms in total. The number of nitrogens with zero attached hydrogens (tertiary/aromatic N) is 2. The highest BCUT2D eigenvalue weighted by Gasteiger charge is 2.16. The lowest BCUT2D eigenvalue weighted by atomic mass is 10.2. The molecule has 1 aliphatic heterocycles. The van der Waals surface area contributed by atoms with E-state index in [4.69, 9.17) is 0 Å². The van der Waals surface area contributed by atoms with Crippen molar-refractivity contribution in [3.05, 3.63) is 21.5 Å². The van der Waals surface area contributed by atoms with Gasteiger partial charge in [0.1, 0.15) is 5.01 Å². The standard InChI is InChI=1S/C11H13N3S3/c1-12-5-10-13-14-11(17-10)9-4-7-6-15-3-2-8(7)16-9/h4,12H,2-3,5-6H2,1H3. The smallest absolute Gasteiger partial charge is 0.157 e. The van der Waals surface area contributed by atoms with Gasteiger partial charge >= 0.3 is 0 Å². The Labute approximate surface area is 113 Å². The van der Waals surface area contributed by atoms with Gasteiger partial charge in [0.25, 0.3) is 0 Å². The van der Waals surface area contributed by atoms with Crippen LogP contribution in [0.4, 0.5) is 0 Å². The molecule has 90 valence electrons. The minimum atomic E-state index is 0.804. The molecule has 0 amide bonds. The zero-order valence-corrected chi connectivity index (χ0v) is 12.0. The van der Waals surface area contributed by atoms with Crippen LogP contribution in [0.2, 0.25) is 0 Å². The van der Waals surface area contributed by atoms with Gasteiger partial charge in [-0.3, -0.25) is 0 Å². The van der Waals surface area contributed by atoms with Gasteiger partial charge in [0.05, 0.1) is 4.88 Å². The Morgan fingerprint density at radius 3 is 3.12 bits per heavy atom. The van der Waals surface area contributed by atoms with E-state index < -0.39 is 0 Å². The van der Waals surface area contributed by atoms with Gasteiger partial charge in [-0.2, -0.15) is 11.8 Å². The lowest BCUT2D eigenvalue weighted by molar-refractivity contribution is 0.795. The number of hydrogen-bond donors (Lipinski definition) is 1. The van der Waals surface area contributed by atoms with E-state index in [1.807, 2.05) is 30.1 Å². The number of nitrogens with one attached hydrogen (secondary N) is 1. The van der Waals surface area contributed by atoms with Gasteiger partial charge in [0, 0.05) is 17.2 Å². The van der Waals surface area contributed by atoms with Crippen molar-refractivity contribution in [1.82, 2.24) is 15.5 Å². The fourth-order valence-corrected chi connectivity index (χ4v) is 5.09. The van der Waals surface area contributed by atoms with Crippen molar-refractivity contribution in [2.24, 2.45) is 0 Å². The summed E-state index contributed by atoms with van der Waals surface area (Å²) in [6.45, 7) is 0.804. The third-order valence-electron chi connectivity index (χ3n) is 2.63. The van der Waals surface area contributed by atoms with Crippen molar-refractivity contribution >= 4 is 34.4 Å². The van der Waals surface area contributed by atoms with Crippen molar-refractivity contribution < 1.29 is 0 Å². The largest absolute Gasteiger partial charge is 0.313 e. The topological polar surface area (TPSA) is 37.8 Å². The molecule has 0 aliphatic carbocycles. The fraction of sp³-hybridized carbons (Fsp3) is 0.455. The lowest BCUT2D eigenvalue weighted by Crippen LogP contribution is -2.04. The summed E-state index contributed by atoms with van der Waals surface area (Å²) >= 11 is 5.61. The van der Waals surface area contributed by atoms with Crippen LogP contribution >= 0.6 is 34.4 Å². The Hall–Kier alpha value is -0.430. The third-order valence-corrected chi connectivity index (χ3v) is 5.97. The molecular weight excluding hydrogens is 270 g/mol. The number of fused-ring (bicyclic) bond motifs is 1. The average molecular weight is 283 g/mol. The molecule has 1 aliphatic rings. The zero-order valence-electron chi connectivity index (χ0n) is 9.52. The summed E-state index contributed by atoms with van der Waals surface area (Å²) in [5.74, 6) is 2.42. The number of hydrogen-bond acceptors (Lipinski definition) is 6. The molecule has 17 heavy (non-hydrogen) atoms. The van der Waals surface area contributed by atoms with Crippen LogP contribution in [0.15, 0.2) is 6.07 Å². The number of thiophene rings is 1. The molecular formula is C11H13N3S3. The van der Waals surface area contributed by atoms with Crippen LogP contribution in [0.5, 0.6) is 0 Å². The Balaban J connectivity index is 1.89. The fourth-order valence-electron chi connectivity index (χ4n) is 1.83. The highest BCUT2D eigenvalue weighted by Crippen LogP contribution is 2.37. The maximum atomic E-state index is 4.28. The summed E-state index contributed by atoms with van der Waals surface area (Å²) in [6.07, 6.45) is 1.22. The number of thioether (sulfide) groups is 1. The van der Waals surface area contributed by atoms with Crippen molar-refractivity contribution in [1.29, 1.82) is 0 Å². The van der Waals surface area contributed by atoms with Gasteiger partial charge < -0.3 is 5.32 Å². The first kappa shape index (κ1) is 11.6. The molecule has 0 saturated carbocycles. The van der Waals surface area contributed by atoms with Crippen LogP contribution in [0.25, 0.3) is 9.88 Å². The highest BCUT2D eigenvalue weighted by molar-refractivity contribution is 7.98. The minimum Gasteiger partial charge on any atom is -0.313 e. The maximum absolute atomic E-state index is 4.28. The summed E-state index contributed by atoms with van der Waals surface area (Å²) in [7, 11) is 1.93. The van der Waals surface area contributed by atoms with Gasteiger partial charge in [0.2, 0.25) is 0 Å². The summed E-state index contributed by atoms with van der Waals surface area (Å²) in [5.41, 5.74) is 1.51. The van der Waals surface area contributed by atoms with E-state index in [1.54, 1.807) is 16.2 Å². The van der Waals surface area contributed by atoms with Crippen molar-refractivity contribution in [3.8, 4) is 9.88 Å². The lowest BCUT2D eigenvalue weighted by Gasteiger charge is -2.08. The summed E-state index contributed by atoms with van der Waals surface area (Å²) in [5, 5.41) is 13.7. The Bertz CT molecular complexity index is 494. The van der Waals surface area contributed by atoms with Crippen LogP contribution in [0.1, 0.15) is 15.4 Å². The van der Waals surface area contributed by atoms with E-state index >= 15 is 0 Å². The summed E-state index contributed by atoms with van der Waals surface area (Å²) in [6, 6.07) is 2.30. The second-order valence-corrected chi connectivity index (χ2v) is 7.20. The highest BCUT2D eigenvalue weighted by atomic mass is 32.2. The van der Waals surface area contributed by atoms with E-state index in [2.05, 4.69) is 21.6 Å². The predicted octanol–water partition coefficient (Wildman–Crippen LogP) is 2.78. The van der Waals surface area contributed by atoms with Crippen molar-refractivity contribution in [3.63, 3.8) is 0 Å². The Kier molecular flexibility index (Phi) is 3.46. The number of aromatic nitrogens is 2. The zero-order chi connectivity index (χ0) is 11.7.